The second-order valence-electron chi connectivity index (χ2n) is 9.31. The number of ether oxygens (including phenoxy) is 3. The minimum Gasteiger partial charge on any atom is -0.472 e. The van der Waals surface area contributed by atoms with Crippen LogP contribution in [0.3, 0.4) is 0 Å². The Kier molecular flexibility index (Phi) is 6.10. The summed E-state index contributed by atoms with van der Waals surface area (Å²) >= 11 is 6.27. The molecule has 1 saturated carbocycles. The molecule has 3 aliphatic rings. The van der Waals surface area contributed by atoms with Crippen molar-refractivity contribution >= 4 is 29.2 Å². The molecule has 0 spiro atoms. The molecule has 3 heterocycles. The fraction of sp³-hybridized carbons (Fsp3) is 0.458. The number of benzene rings is 1. The fourth-order valence-electron chi connectivity index (χ4n) is 4.39. The molecule has 1 aromatic heterocycles. The summed E-state index contributed by atoms with van der Waals surface area (Å²) in [6.07, 6.45) is 2.51. The van der Waals surface area contributed by atoms with Gasteiger partial charge in [0.2, 0.25) is 5.88 Å². The van der Waals surface area contributed by atoms with E-state index in [0.717, 1.165) is 12.8 Å². The van der Waals surface area contributed by atoms with E-state index in [0.29, 0.717) is 42.6 Å². The van der Waals surface area contributed by atoms with Crippen molar-refractivity contribution in [1.29, 1.82) is 10.5 Å². The van der Waals surface area contributed by atoms with Crippen molar-refractivity contribution in [3.05, 3.63) is 40.7 Å². The van der Waals surface area contributed by atoms with Crippen molar-refractivity contribution in [3.8, 4) is 18.0 Å². The predicted octanol–water partition coefficient (Wildman–Crippen LogP) is 3.63. The number of nitrogens with one attached hydrogen (secondary N) is 1. The average molecular weight is 495 g/mol. The summed E-state index contributed by atoms with van der Waals surface area (Å²) in [6, 6.07) is 8.93. The van der Waals surface area contributed by atoms with Gasteiger partial charge >= 0.3 is 6.09 Å². The number of amides is 1. The minimum absolute atomic E-state index is 0.0899. The first-order valence-electron chi connectivity index (χ1n) is 11.3. The maximum atomic E-state index is 12.7. The van der Waals surface area contributed by atoms with Gasteiger partial charge in [-0.2, -0.15) is 10.5 Å². The molecule has 35 heavy (non-hydrogen) atoms. The summed E-state index contributed by atoms with van der Waals surface area (Å²) in [5, 5.41) is 22.3. The van der Waals surface area contributed by atoms with Gasteiger partial charge in [0, 0.05) is 24.9 Å². The van der Waals surface area contributed by atoms with Crippen LogP contribution in [-0.4, -0.2) is 59.0 Å². The van der Waals surface area contributed by atoms with E-state index in [9.17, 15) is 10.1 Å². The lowest BCUT2D eigenvalue weighted by molar-refractivity contribution is -0.111. The largest absolute Gasteiger partial charge is 0.472 e. The van der Waals surface area contributed by atoms with E-state index in [4.69, 9.17) is 31.1 Å². The van der Waals surface area contributed by atoms with Gasteiger partial charge in [-0.3, -0.25) is 0 Å². The monoisotopic (exact) mass is 494 g/mol. The van der Waals surface area contributed by atoms with Crippen LogP contribution in [0.5, 0.6) is 5.88 Å². The number of piperidine rings is 1. The Morgan fingerprint density at radius 1 is 1.23 bits per heavy atom. The molecular formula is C24H23ClN6O4. The summed E-state index contributed by atoms with van der Waals surface area (Å²) < 4.78 is 17.7. The number of carbonyl (C=O) groups excluding carboxylic acids is 1. The summed E-state index contributed by atoms with van der Waals surface area (Å²) in [6.45, 7) is 3.69. The number of aromatic nitrogens is 2. The number of anilines is 2. The molecule has 2 saturated heterocycles. The zero-order chi connectivity index (χ0) is 24.6. The highest BCUT2D eigenvalue weighted by Gasteiger charge is 2.47. The van der Waals surface area contributed by atoms with Crippen LogP contribution >= 0.6 is 11.6 Å². The lowest BCUT2D eigenvalue weighted by Gasteiger charge is -2.46. The third-order valence-electron chi connectivity index (χ3n) is 6.57. The van der Waals surface area contributed by atoms with Crippen LogP contribution in [0, 0.1) is 34.5 Å². The number of rotatable bonds is 5. The molecule has 2 aromatic rings. The van der Waals surface area contributed by atoms with Crippen LogP contribution in [-0.2, 0) is 9.47 Å². The molecule has 0 radical (unpaired) electrons. The molecule has 1 aliphatic carbocycles. The minimum atomic E-state index is -0.333. The second-order valence-corrected chi connectivity index (χ2v) is 9.72. The Balaban J connectivity index is 1.33. The van der Waals surface area contributed by atoms with Gasteiger partial charge in [0.1, 0.15) is 24.1 Å². The van der Waals surface area contributed by atoms with E-state index in [1.807, 2.05) is 13.0 Å². The standard InChI is InChI=1S/C24H23ClN6O4/c1-24(4-5-24)35-23(32)31-9-15-11-33-12-16(10-31)20(15)34-22-17(8-27)21(28-13-29-22)30-19-3-2-14(7-26)6-18(19)25/h2-3,6,13,15-16,20H,4-5,9-12H2,1H3,(H,28,29,30). The molecule has 2 atom stereocenters. The maximum absolute atomic E-state index is 12.7. The Morgan fingerprint density at radius 2 is 1.97 bits per heavy atom. The van der Waals surface area contributed by atoms with Gasteiger partial charge in [0.25, 0.3) is 0 Å². The van der Waals surface area contributed by atoms with Gasteiger partial charge in [-0.05, 0) is 38.0 Å². The number of hydrogen-bond donors (Lipinski definition) is 1. The highest BCUT2D eigenvalue weighted by Crippen LogP contribution is 2.40. The van der Waals surface area contributed by atoms with E-state index in [1.165, 1.54) is 12.4 Å². The smallest absolute Gasteiger partial charge is 0.410 e. The third-order valence-corrected chi connectivity index (χ3v) is 6.88. The van der Waals surface area contributed by atoms with Gasteiger partial charge in [0.05, 0.1) is 35.6 Å². The number of carbonyl (C=O) groups is 1. The second kappa shape index (κ2) is 9.21. The Hall–Kier alpha value is -3.60. The molecule has 2 bridgehead atoms. The van der Waals surface area contributed by atoms with Gasteiger partial charge in [-0.25, -0.2) is 14.8 Å². The Morgan fingerprint density at radius 3 is 2.60 bits per heavy atom. The third kappa shape index (κ3) is 4.81. The quantitative estimate of drug-likeness (QED) is 0.661. The molecule has 3 fully saturated rings. The van der Waals surface area contributed by atoms with Crippen LogP contribution in [0.15, 0.2) is 24.5 Å². The van der Waals surface area contributed by atoms with Crippen molar-refractivity contribution < 1.29 is 19.0 Å². The molecule has 2 aliphatic heterocycles. The first-order chi connectivity index (χ1) is 16.9. The highest BCUT2D eigenvalue weighted by atomic mass is 35.5. The summed E-state index contributed by atoms with van der Waals surface area (Å²) in [5.74, 6) is 0.211. The molecule has 10 nitrogen and oxygen atoms in total. The first kappa shape index (κ1) is 23.2. The number of nitriles is 2. The van der Waals surface area contributed by atoms with Gasteiger partial charge < -0.3 is 24.4 Å². The molecule has 11 heteroatoms. The van der Waals surface area contributed by atoms with E-state index in [-0.39, 0.29) is 46.9 Å². The van der Waals surface area contributed by atoms with Gasteiger partial charge in [-0.15, -0.1) is 0 Å². The van der Waals surface area contributed by atoms with Gasteiger partial charge in [0.15, 0.2) is 11.4 Å². The van der Waals surface area contributed by atoms with Crippen molar-refractivity contribution in [2.24, 2.45) is 11.8 Å². The Bertz CT molecular complexity index is 1220. The van der Waals surface area contributed by atoms with Crippen LogP contribution in [0.25, 0.3) is 0 Å². The SMILES string of the molecule is CC1(OC(=O)N2CC3COCC(C2)C3Oc2ncnc(Nc3ccc(C#N)cc3Cl)c2C#N)CC1. The first-order valence-corrected chi connectivity index (χ1v) is 11.7. The number of halogens is 1. The van der Waals surface area contributed by atoms with Crippen molar-refractivity contribution in [1.82, 2.24) is 14.9 Å². The molecule has 180 valence electrons. The molecule has 1 amide bonds. The molecule has 1 aromatic carbocycles. The van der Waals surface area contributed by atoms with Crippen molar-refractivity contribution in [2.75, 3.05) is 31.6 Å². The zero-order valence-corrected chi connectivity index (χ0v) is 19.8. The topological polar surface area (TPSA) is 133 Å². The Labute approximate surface area is 207 Å². The summed E-state index contributed by atoms with van der Waals surface area (Å²) in [4.78, 5) is 22.8. The number of likely N-dealkylation sites (tertiary alicyclic amines) is 1. The lowest BCUT2D eigenvalue weighted by atomic mass is 9.84. The van der Waals surface area contributed by atoms with Crippen molar-refractivity contribution in [3.63, 3.8) is 0 Å². The highest BCUT2D eigenvalue weighted by molar-refractivity contribution is 6.33. The maximum Gasteiger partial charge on any atom is 0.410 e. The zero-order valence-electron chi connectivity index (χ0n) is 19.0. The average Bonchev–Trinajstić information content (AvgIpc) is 3.56. The van der Waals surface area contributed by atoms with E-state index in [2.05, 4.69) is 21.4 Å². The van der Waals surface area contributed by atoms with Crippen LogP contribution < -0.4 is 10.1 Å². The number of hydrogen-bond acceptors (Lipinski definition) is 9. The van der Waals surface area contributed by atoms with Crippen LogP contribution in [0.2, 0.25) is 5.02 Å². The predicted molar refractivity (Wildman–Crippen MR) is 124 cm³/mol. The summed E-state index contributed by atoms with van der Waals surface area (Å²) in [5.41, 5.74) is 0.714. The van der Waals surface area contributed by atoms with E-state index >= 15 is 0 Å². The van der Waals surface area contributed by atoms with Crippen LogP contribution in [0.1, 0.15) is 30.9 Å². The fourth-order valence-corrected chi connectivity index (χ4v) is 4.62. The number of fused-ring (bicyclic) bond motifs is 2. The van der Waals surface area contributed by atoms with Crippen LogP contribution in [0.4, 0.5) is 16.3 Å². The lowest BCUT2D eigenvalue weighted by Crippen LogP contribution is -2.59. The van der Waals surface area contributed by atoms with E-state index in [1.54, 1.807) is 17.0 Å². The molecule has 5 rings (SSSR count). The van der Waals surface area contributed by atoms with Gasteiger partial charge in [-0.1, -0.05) is 11.6 Å². The molecule has 1 N–H and O–H groups in total. The van der Waals surface area contributed by atoms with E-state index < -0.39 is 0 Å². The summed E-state index contributed by atoms with van der Waals surface area (Å²) in [7, 11) is 0. The molecular weight excluding hydrogens is 472 g/mol. The molecule has 2 unspecified atom stereocenters. The van der Waals surface area contributed by atoms with Crippen molar-refractivity contribution in [2.45, 2.75) is 31.5 Å². The normalized spacial score (nSPS) is 24.0. The number of nitrogens with zero attached hydrogens (tertiary/aromatic N) is 5.